The van der Waals surface area contributed by atoms with E-state index in [9.17, 15) is 22.8 Å². The smallest absolute Gasteiger partial charge is 0.433 e. The number of anilines is 2. The highest BCUT2D eigenvalue weighted by atomic mass is 35.5. The van der Waals surface area contributed by atoms with Crippen molar-refractivity contribution in [3.8, 4) is 28.3 Å². The average Bonchev–Trinajstić information content (AvgIpc) is 3.08. The van der Waals surface area contributed by atoms with Crippen LogP contribution in [0.3, 0.4) is 0 Å². The molecule has 11 nitrogen and oxygen atoms in total. The number of halogens is 5. The molecule has 0 aliphatic rings. The number of hydrogen-bond donors (Lipinski definition) is 3. The molecule has 1 atom stereocenters. The third-order valence-electron chi connectivity index (χ3n) is 7.76. The molecular formula is C33H31Cl2F3N8O3. The van der Waals surface area contributed by atoms with Crippen LogP contribution in [0.1, 0.15) is 24.2 Å². The molecular weight excluding hydrogens is 684 g/mol. The fraction of sp³-hybridized carbons (Fsp3) is 0.273. The van der Waals surface area contributed by atoms with Gasteiger partial charge in [0.2, 0.25) is 5.88 Å². The van der Waals surface area contributed by atoms with Crippen molar-refractivity contribution in [2.24, 2.45) is 7.05 Å². The Morgan fingerprint density at radius 3 is 2.45 bits per heavy atom. The number of hydrogen-bond acceptors (Lipinski definition) is 10. The van der Waals surface area contributed by atoms with Gasteiger partial charge in [0.1, 0.15) is 23.5 Å². The zero-order valence-corrected chi connectivity index (χ0v) is 28.0. The molecule has 3 aromatic heterocycles. The third kappa shape index (κ3) is 7.83. The van der Waals surface area contributed by atoms with Crippen LogP contribution in [0.2, 0.25) is 10.0 Å². The standard InChI is InChI=1S/C33H31Cl2F3N8O3/c1-39-19(7-6-12-47)15-40-16-25-31(49-3)44-24(17-41-25)22-10-4-8-20(28(22)34)21-9-5-11-23(29(21)35)43-30-27-18(14-42-46(2)32(27)48)13-26(45-30)33(36,37)38/h4-5,8-14,17,19,39-40H,6-7,15-16H2,1-3H3,(H,43,45). The molecule has 0 amide bonds. The van der Waals surface area contributed by atoms with Crippen LogP contribution in [-0.2, 0) is 24.6 Å². The molecule has 0 radical (unpaired) electrons. The lowest BCUT2D eigenvalue weighted by Gasteiger charge is -2.17. The number of rotatable bonds is 13. The van der Waals surface area contributed by atoms with E-state index < -0.39 is 17.4 Å². The van der Waals surface area contributed by atoms with Crippen LogP contribution in [-0.4, -0.2) is 57.8 Å². The fourth-order valence-electron chi connectivity index (χ4n) is 5.19. The van der Waals surface area contributed by atoms with Crippen molar-refractivity contribution in [2.75, 3.05) is 26.0 Å². The summed E-state index contributed by atoms with van der Waals surface area (Å²) in [5.41, 5.74) is 0.860. The molecule has 256 valence electrons. The van der Waals surface area contributed by atoms with E-state index in [-0.39, 0.29) is 33.3 Å². The topological polar surface area (TPSA) is 136 Å². The number of aldehydes is 1. The lowest BCUT2D eigenvalue weighted by atomic mass is 10.0. The number of carbonyl (C=O) groups excluding carboxylic acids is 1. The summed E-state index contributed by atoms with van der Waals surface area (Å²) < 4.78 is 47.7. The van der Waals surface area contributed by atoms with Crippen LogP contribution in [0.25, 0.3) is 33.2 Å². The molecule has 0 bridgehead atoms. The fourth-order valence-corrected chi connectivity index (χ4v) is 5.79. The van der Waals surface area contributed by atoms with E-state index in [0.717, 1.165) is 17.0 Å². The van der Waals surface area contributed by atoms with Gasteiger partial charge in [0, 0.05) is 54.7 Å². The highest BCUT2D eigenvalue weighted by Crippen LogP contribution is 2.42. The first-order valence-electron chi connectivity index (χ1n) is 15.0. The van der Waals surface area contributed by atoms with Crippen molar-refractivity contribution in [3.63, 3.8) is 0 Å². The molecule has 3 heterocycles. The van der Waals surface area contributed by atoms with Gasteiger partial charge in [-0.2, -0.15) is 18.3 Å². The number of nitrogens with one attached hydrogen (secondary N) is 3. The lowest BCUT2D eigenvalue weighted by molar-refractivity contribution is -0.141. The lowest BCUT2D eigenvalue weighted by Crippen LogP contribution is -2.36. The van der Waals surface area contributed by atoms with Gasteiger partial charge in [-0.05, 0) is 25.6 Å². The van der Waals surface area contributed by atoms with E-state index in [0.29, 0.717) is 64.9 Å². The molecule has 0 saturated carbocycles. The summed E-state index contributed by atoms with van der Waals surface area (Å²) in [7, 11) is 4.71. The Kier molecular flexibility index (Phi) is 11.1. The van der Waals surface area contributed by atoms with Gasteiger partial charge < -0.3 is 25.5 Å². The molecule has 3 N–H and O–H groups in total. The van der Waals surface area contributed by atoms with Crippen LogP contribution in [0, 0.1) is 0 Å². The summed E-state index contributed by atoms with van der Waals surface area (Å²) in [5.74, 6) is -0.0298. The summed E-state index contributed by atoms with van der Waals surface area (Å²) in [6, 6.07) is 11.0. The van der Waals surface area contributed by atoms with E-state index >= 15 is 0 Å². The van der Waals surface area contributed by atoms with Crippen LogP contribution in [0.5, 0.6) is 5.88 Å². The number of pyridine rings is 1. The van der Waals surface area contributed by atoms with Crippen LogP contribution in [0.15, 0.2) is 59.7 Å². The van der Waals surface area contributed by atoms with Gasteiger partial charge in [-0.1, -0.05) is 53.5 Å². The summed E-state index contributed by atoms with van der Waals surface area (Å²) in [6.07, 6.45) is 0.00999. The first-order chi connectivity index (χ1) is 23.5. The summed E-state index contributed by atoms with van der Waals surface area (Å²) in [4.78, 5) is 36.6. The molecule has 49 heavy (non-hydrogen) atoms. The molecule has 0 spiro atoms. The maximum atomic E-state index is 13.7. The highest BCUT2D eigenvalue weighted by Gasteiger charge is 2.34. The second kappa shape index (κ2) is 15.3. The quantitative estimate of drug-likeness (QED) is 0.121. The van der Waals surface area contributed by atoms with Crippen LogP contribution >= 0.6 is 23.2 Å². The zero-order chi connectivity index (χ0) is 35.3. The van der Waals surface area contributed by atoms with Crippen LogP contribution < -0.4 is 26.2 Å². The SMILES string of the molecule is CNC(CCC=O)CNCc1ncc(-c2cccc(-c3cccc(Nc4nc(C(F)(F)F)cc5cnn(C)c(=O)c45)c3Cl)c2Cl)nc1OC. The van der Waals surface area contributed by atoms with Gasteiger partial charge >= 0.3 is 6.18 Å². The van der Waals surface area contributed by atoms with Gasteiger partial charge in [0.05, 0.1) is 46.3 Å². The van der Waals surface area contributed by atoms with Crippen molar-refractivity contribution in [2.45, 2.75) is 31.6 Å². The monoisotopic (exact) mass is 714 g/mol. The van der Waals surface area contributed by atoms with Crippen molar-refractivity contribution >= 4 is 51.8 Å². The number of ether oxygens (including phenoxy) is 1. The second-order valence-corrected chi connectivity index (χ2v) is 11.7. The largest absolute Gasteiger partial charge is 0.480 e. The predicted molar refractivity (Wildman–Crippen MR) is 182 cm³/mol. The number of benzene rings is 2. The molecule has 0 saturated heterocycles. The molecule has 2 aromatic carbocycles. The Bertz CT molecular complexity index is 2060. The predicted octanol–water partition coefficient (Wildman–Crippen LogP) is 6.19. The number of nitrogens with zero attached hydrogens (tertiary/aromatic N) is 5. The van der Waals surface area contributed by atoms with E-state index in [1.54, 1.807) is 42.6 Å². The minimum absolute atomic E-state index is 0.0361. The summed E-state index contributed by atoms with van der Waals surface area (Å²) >= 11 is 13.8. The Hall–Kier alpha value is -4.63. The normalized spacial score (nSPS) is 12.2. The number of aryl methyl sites for hydroxylation is 1. The number of carbonyl (C=O) groups is 1. The maximum Gasteiger partial charge on any atom is 0.433 e. The van der Waals surface area contributed by atoms with E-state index in [4.69, 9.17) is 27.9 Å². The molecule has 16 heteroatoms. The van der Waals surface area contributed by atoms with Crippen molar-refractivity contribution in [3.05, 3.63) is 86.6 Å². The van der Waals surface area contributed by atoms with Gasteiger partial charge in [0.15, 0.2) is 0 Å². The van der Waals surface area contributed by atoms with Crippen molar-refractivity contribution in [1.82, 2.24) is 35.4 Å². The number of alkyl halides is 3. The van der Waals surface area contributed by atoms with E-state index in [1.165, 1.54) is 20.4 Å². The number of aromatic nitrogens is 5. The molecule has 1 unspecified atom stereocenters. The Labute approximate surface area is 288 Å². The van der Waals surface area contributed by atoms with Gasteiger partial charge in [0.25, 0.3) is 5.56 Å². The third-order valence-corrected chi connectivity index (χ3v) is 8.58. The molecule has 0 aliphatic heterocycles. The Morgan fingerprint density at radius 2 is 1.76 bits per heavy atom. The maximum absolute atomic E-state index is 13.7. The number of methoxy groups -OCH3 is 1. The number of likely N-dealkylation sites (N-methyl/N-ethyl adjacent to an activating group) is 1. The van der Waals surface area contributed by atoms with Crippen molar-refractivity contribution < 1.29 is 22.7 Å². The average molecular weight is 716 g/mol. The minimum Gasteiger partial charge on any atom is -0.480 e. The van der Waals surface area contributed by atoms with Gasteiger partial charge in [-0.25, -0.2) is 14.6 Å². The first kappa shape index (κ1) is 35.7. The van der Waals surface area contributed by atoms with E-state index in [1.807, 2.05) is 7.05 Å². The Morgan fingerprint density at radius 1 is 1.04 bits per heavy atom. The highest BCUT2D eigenvalue weighted by molar-refractivity contribution is 6.39. The summed E-state index contributed by atoms with van der Waals surface area (Å²) in [5, 5.41) is 13.5. The zero-order valence-electron chi connectivity index (χ0n) is 26.5. The second-order valence-electron chi connectivity index (χ2n) is 10.9. The minimum atomic E-state index is -4.78. The molecule has 0 fully saturated rings. The van der Waals surface area contributed by atoms with Gasteiger partial charge in [-0.3, -0.25) is 9.78 Å². The number of fused-ring (bicyclic) bond motifs is 1. The van der Waals surface area contributed by atoms with Gasteiger partial charge in [-0.15, -0.1) is 0 Å². The molecule has 5 aromatic rings. The molecule has 0 aliphatic carbocycles. The van der Waals surface area contributed by atoms with E-state index in [2.05, 4.69) is 36.0 Å². The van der Waals surface area contributed by atoms with Crippen LogP contribution in [0.4, 0.5) is 24.7 Å². The summed E-state index contributed by atoms with van der Waals surface area (Å²) in [6.45, 7) is 0.977. The van der Waals surface area contributed by atoms with Crippen molar-refractivity contribution in [1.29, 1.82) is 0 Å². The molecule has 5 rings (SSSR count). The Balaban J connectivity index is 1.47. The first-order valence-corrected chi connectivity index (χ1v) is 15.7.